The molecule has 7 heteroatoms. The maximum Gasteiger partial charge on any atom is 0.226 e. The third-order valence-corrected chi connectivity index (χ3v) is 3.43. The summed E-state index contributed by atoms with van der Waals surface area (Å²) < 4.78 is 36.8. The molecule has 5 nitrogen and oxygen atoms in total. The number of rotatable bonds is 5. The van der Waals surface area contributed by atoms with Crippen LogP contribution in [0.2, 0.25) is 0 Å². The highest BCUT2D eigenvalue weighted by Crippen LogP contribution is 2.32. The summed E-state index contributed by atoms with van der Waals surface area (Å²) in [5, 5.41) is 5.62. The highest BCUT2D eigenvalue weighted by molar-refractivity contribution is 5.91. The van der Waals surface area contributed by atoms with Crippen LogP contribution in [0.1, 0.15) is 6.42 Å². The van der Waals surface area contributed by atoms with Crippen molar-refractivity contribution in [3.63, 3.8) is 0 Å². The van der Waals surface area contributed by atoms with E-state index in [0.717, 1.165) is 12.1 Å². The van der Waals surface area contributed by atoms with Crippen molar-refractivity contribution in [2.75, 3.05) is 30.4 Å². The SMILES string of the molecule is O=C(CCNc1ccc(F)c(F)c1)Nc1ccc2c(c1)OCCO2. The van der Waals surface area contributed by atoms with Crippen molar-refractivity contribution >= 4 is 17.3 Å². The highest BCUT2D eigenvalue weighted by Gasteiger charge is 2.12. The zero-order chi connectivity index (χ0) is 16.9. The minimum atomic E-state index is -0.930. The zero-order valence-corrected chi connectivity index (χ0v) is 12.8. The first-order valence-corrected chi connectivity index (χ1v) is 7.50. The van der Waals surface area contributed by atoms with Crippen LogP contribution in [0.4, 0.5) is 20.2 Å². The summed E-state index contributed by atoms with van der Waals surface area (Å²) in [4.78, 5) is 11.9. The Bertz CT molecular complexity index is 753. The van der Waals surface area contributed by atoms with E-state index < -0.39 is 11.6 Å². The molecule has 0 aliphatic carbocycles. The number of hydrogen-bond donors (Lipinski definition) is 2. The van der Waals surface area contributed by atoms with Crippen LogP contribution in [-0.4, -0.2) is 25.7 Å². The molecule has 0 spiro atoms. The van der Waals surface area contributed by atoms with Gasteiger partial charge in [-0.1, -0.05) is 0 Å². The summed E-state index contributed by atoms with van der Waals surface area (Å²) in [6.07, 6.45) is 0.174. The fraction of sp³-hybridized carbons (Fsp3) is 0.235. The number of nitrogens with one attached hydrogen (secondary N) is 2. The average Bonchev–Trinajstić information content (AvgIpc) is 2.58. The average molecular weight is 334 g/mol. The Morgan fingerprint density at radius 3 is 2.50 bits per heavy atom. The molecule has 0 unspecified atom stereocenters. The number of amides is 1. The van der Waals surface area contributed by atoms with Crippen molar-refractivity contribution in [1.29, 1.82) is 0 Å². The Hall–Kier alpha value is -2.83. The largest absolute Gasteiger partial charge is 0.486 e. The van der Waals surface area contributed by atoms with Crippen LogP contribution in [0, 0.1) is 11.6 Å². The minimum Gasteiger partial charge on any atom is -0.486 e. The number of anilines is 2. The van der Waals surface area contributed by atoms with Gasteiger partial charge in [-0.25, -0.2) is 8.78 Å². The van der Waals surface area contributed by atoms with Gasteiger partial charge in [-0.3, -0.25) is 4.79 Å². The standard InChI is InChI=1S/C17H16F2N2O3/c18-13-3-1-11(9-14(13)19)20-6-5-17(22)21-12-2-4-15-16(10-12)24-8-7-23-15/h1-4,9-10,20H,5-8H2,(H,21,22). The predicted octanol–water partition coefficient (Wildman–Crippen LogP) is 3.18. The van der Waals surface area contributed by atoms with Crippen molar-refractivity contribution in [3.8, 4) is 11.5 Å². The Morgan fingerprint density at radius 1 is 0.958 bits per heavy atom. The third kappa shape index (κ3) is 3.92. The number of halogens is 2. The molecule has 0 radical (unpaired) electrons. The van der Waals surface area contributed by atoms with Crippen molar-refractivity contribution in [2.45, 2.75) is 6.42 Å². The first kappa shape index (κ1) is 16.0. The normalized spacial score (nSPS) is 12.6. The van der Waals surface area contributed by atoms with Crippen molar-refractivity contribution < 1.29 is 23.0 Å². The van der Waals surface area contributed by atoms with Crippen LogP contribution in [0.5, 0.6) is 11.5 Å². The van der Waals surface area contributed by atoms with Crippen LogP contribution in [0.3, 0.4) is 0 Å². The Balaban J connectivity index is 1.49. The number of ether oxygens (including phenoxy) is 2. The summed E-state index contributed by atoms with van der Waals surface area (Å²) in [7, 11) is 0. The van der Waals surface area contributed by atoms with Crippen LogP contribution < -0.4 is 20.1 Å². The third-order valence-electron chi connectivity index (χ3n) is 3.43. The first-order chi connectivity index (χ1) is 11.6. The maximum atomic E-state index is 13.1. The van der Waals surface area contributed by atoms with Crippen molar-refractivity contribution in [3.05, 3.63) is 48.0 Å². The molecule has 0 bridgehead atoms. The van der Waals surface area contributed by atoms with Crippen LogP contribution in [-0.2, 0) is 4.79 Å². The van der Waals surface area contributed by atoms with Crippen LogP contribution in [0.15, 0.2) is 36.4 Å². The second-order valence-electron chi connectivity index (χ2n) is 5.21. The van der Waals surface area contributed by atoms with E-state index in [4.69, 9.17) is 9.47 Å². The molecule has 24 heavy (non-hydrogen) atoms. The predicted molar refractivity (Wildman–Crippen MR) is 85.5 cm³/mol. The summed E-state index contributed by atoms with van der Waals surface area (Å²) in [6.45, 7) is 1.28. The fourth-order valence-electron chi connectivity index (χ4n) is 2.27. The zero-order valence-electron chi connectivity index (χ0n) is 12.8. The van der Waals surface area contributed by atoms with Crippen LogP contribution in [0.25, 0.3) is 0 Å². The van der Waals surface area contributed by atoms with Gasteiger partial charge in [0.1, 0.15) is 13.2 Å². The lowest BCUT2D eigenvalue weighted by molar-refractivity contribution is -0.115. The molecule has 0 saturated carbocycles. The maximum absolute atomic E-state index is 13.1. The number of fused-ring (bicyclic) bond motifs is 1. The topological polar surface area (TPSA) is 59.6 Å². The number of carbonyl (C=O) groups is 1. The van der Waals surface area contributed by atoms with Gasteiger partial charge < -0.3 is 20.1 Å². The van der Waals surface area contributed by atoms with Gasteiger partial charge in [0.05, 0.1) is 0 Å². The second-order valence-corrected chi connectivity index (χ2v) is 5.21. The fourth-order valence-corrected chi connectivity index (χ4v) is 2.27. The molecule has 0 atom stereocenters. The first-order valence-electron chi connectivity index (χ1n) is 7.50. The van der Waals surface area contributed by atoms with E-state index >= 15 is 0 Å². The lowest BCUT2D eigenvalue weighted by Gasteiger charge is -2.19. The lowest BCUT2D eigenvalue weighted by Crippen LogP contribution is -2.18. The summed E-state index contributed by atoms with van der Waals surface area (Å²) in [5.41, 5.74) is 1.03. The Morgan fingerprint density at radius 2 is 1.71 bits per heavy atom. The molecule has 126 valence electrons. The van der Waals surface area contributed by atoms with E-state index in [2.05, 4.69) is 10.6 Å². The smallest absolute Gasteiger partial charge is 0.226 e. The number of benzene rings is 2. The van der Waals surface area contributed by atoms with Gasteiger partial charge in [0, 0.05) is 30.4 Å². The number of carbonyl (C=O) groups excluding carboxylic acids is 1. The van der Waals surface area contributed by atoms with Gasteiger partial charge in [-0.05, 0) is 30.3 Å². The van der Waals surface area contributed by atoms with Gasteiger partial charge in [0.25, 0.3) is 0 Å². The molecule has 1 aliphatic heterocycles. The molecule has 1 amide bonds. The Kier molecular flexibility index (Phi) is 4.79. The summed E-state index contributed by atoms with van der Waals surface area (Å²) in [5.74, 6) is -0.794. The molecule has 2 N–H and O–H groups in total. The molecular formula is C17H16F2N2O3. The van der Waals surface area contributed by atoms with E-state index in [0.29, 0.717) is 42.6 Å². The van der Waals surface area contributed by atoms with Gasteiger partial charge in [0.15, 0.2) is 23.1 Å². The van der Waals surface area contributed by atoms with Crippen LogP contribution >= 0.6 is 0 Å². The van der Waals surface area contributed by atoms with Crippen molar-refractivity contribution in [1.82, 2.24) is 0 Å². The highest BCUT2D eigenvalue weighted by atomic mass is 19.2. The molecule has 0 saturated heterocycles. The second kappa shape index (κ2) is 7.16. The molecule has 2 aromatic carbocycles. The van der Waals surface area contributed by atoms with Gasteiger partial charge in [-0.2, -0.15) is 0 Å². The summed E-state index contributed by atoms with van der Waals surface area (Å²) in [6, 6.07) is 8.67. The molecule has 0 aromatic heterocycles. The van der Waals surface area contributed by atoms with E-state index in [1.54, 1.807) is 18.2 Å². The van der Waals surface area contributed by atoms with E-state index in [9.17, 15) is 13.6 Å². The number of hydrogen-bond acceptors (Lipinski definition) is 4. The van der Waals surface area contributed by atoms with Gasteiger partial charge in [-0.15, -0.1) is 0 Å². The molecule has 1 heterocycles. The summed E-state index contributed by atoms with van der Waals surface area (Å²) >= 11 is 0. The van der Waals surface area contributed by atoms with Gasteiger partial charge >= 0.3 is 0 Å². The monoisotopic (exact) mass is 334 g/mol. The lowest BCUT2D eigenvalue weighted by atomic mass is 10.2. The van der Waals surface area contributed by atoms with Crippen molar-refractivity contribution in [2.24, 2.45) is 0 Å². The molecule has 2 aromatic rings. The molecule has 1 aliphatic rings. The quantitative estimate of drug-likeness (QED) is 0.882. The molecule has 3 rings (SSSR count). The molecule has 0 fully saturated rings. The van der Waals surface area contributed by atoms with E-state index in [1.165, 1.54) is 6.07 Å². The molecular weight excluding hydrogens is 318 g/mol. The minimum absolute atomic E-state index is 0.174. The van der Waals surface area contributed by atoms with E-state index in [-0.39, 0.29) is 12.3 Å². The Labute approximate surface area is 137 Å². The van der Waals surface area contributed by atoms with E-state index in [1.807, 2.05) is 0 Å². The van der Waals surface area contributed by atoms with Gasteiger partial charge in [0.2, 0.25) is 5.91 Å².